The van der Waals surface area contributed by atoms with E-state index in [0.29, 0.717) is 12.8 Å². The summed E-state index contributed by atoms with van der Waals surface area (Å²) in [5.41, 5.74) is 0. The molecule has 3 N–H and O–H groups in total. The molecule has 1 heterocycles. The molecular weight excluding hydrogens is 162 g/mol. The monoisotopic (exact) mass is 173 g/mol. The maximum atomic E-state index is 10.4. The molecule has 0 aromatic rings. The van der Waals surface area contributed by atoms with Crippen molar-refractivity contribution in [2.45, 2.75) is 18.9 Å². The van der Waals surface area contributed by atoms with Crippen LogP contribution in [0.4, 0.5) is 0 Å². The molecular formula is C7H11NO4. The molecule has 5 nitrogen and oxygen atoms in total. The third-order valence-electron chi connectivity index (χ3n) is 2.06. The highest BCUT2D eigenvalue weighted by Crippen LogP contribution is 2.14. The Kier molecular flexibility index (Phi) is 2.65. The summed E-state index contributed by atoms with van der Waals surface area (Å²) in [5, 5.41) is 19.8. The first-order valence-corrected chi connectivity index (χ1v) is 3.80. The predicted octanol–water partition coefficient (Wildman–Crippen LogP) is -0.476. The van der Waals surface area contributed by atoms with Crippen molar-refractivity contribution in [2.24, 2.45) is 5.92 Å². The van der Waals surface area contributed by atoms with Crippen molar-refractivity contribution >= 4 is 11.9 Å². The van der Waals surface area contributed by atoms with Gasteiger partial charge in [0, 0.05) is 6.54 Å². The number of carboxylic acid groups (broad SMARTS) is 2. The van der Waals surface area contributed by atoms with Gasteiger partial charge in [-0.2, -0.15) is 0 Å². The summed E-state index contributed by atoms with van der Waals surface area (Å²) in [4.78, 5) is 20.9. The SMILES string of the molecule is O=C(O)[C@@H]1CC[C@@H](C(=O)O)NC1. The summed E-state index contributed by atoms with van der Waals surface area (Å²) < 4.78 is 0. The first-order chi connectivity index (χ1) is 5.61. The zero-order valence-corrected chi connectivity index (χ0v) is 6.49. The van der Waals surface area contributed by atoms with E-state index >= 15 is 0 Å². The molecule has 1 rings (SSSR count). The van der Waals surface area contributed by atoms with E-state index in [-0.39, 0.29) is 6.54 Å². The van der Waals surface area contributed by atoms with Gasteiger partial charge in [0.1, 0.15) is 6.04 Å². The van der Waals surface area contributed by atoms with Crippen LogP contribution < -0.4 is 5.32 Å². The fourth-order valence-corrected chi connectivity index (χ4v) is 1.28. The van der Waals surface area contributed by atoms with Crippen molar-refractivity contribution in [3.8, 4) is 0 Å². The summed E-state index contributed by atoms with van der Waals surface area (Å²) in [6, 6.07) is -0.569. The van der Waals surface area contributed by atoms with Crippen LogP contribution in [0.1, 0.15) is 12.8 Å². The van der Waals surface area contributed by atoms with E-state index in [4.69, 9.17) is 10.2 Å². The van der Waals surface area contributed by atoms with Crippen molar-refractivity contribution in [3.63, 3.8) is 0 Å². The summed E-state index contributed by atoms with van der Waals surface area (Å²) in [7, 11) is 0. The number of carboxylic acids is 2. The molecule has 0 radical (unpaired) electrons. The maximum absolute atomic E-state index is 10.4. The summed E-state index contributed by atoms with van der Waals surface area (Å²) in [6.45, 7) is 0.256. The number of piperidine rings is 1. The van der Waals surface area contributed by atoms with Crippen LogP contribution in [0.15, 0.2) is 0 Å². The van der Waals surface area contributed by atoms with Gasteiger partial charge in [-0.25, -0.2) is 0 Å². The average molecular weight is 173 g/mol. The van der Waals surface area contributed by atoms with E-state index in [1.54, 1.807) is 0 Å². The highest BCUT2D eigenvalue weighted by atomic mass is 16.4. The van der Waals surface area contributed by atoms with E-state index < -0.39 is 23.9 Å². The second-order valence-corrected chi connectivity index (χ2v) is 2.91. The first-order valence-electron chi connectivity index (χ1n) is 3.80. The molecule has 0 amide bonds. The van der Waals surface area contributed by atoms with Crippen LogP contribution in [0, 0.1) is 5.92 Å². The number of hydrogen-bond donors (Lipinski definition) is 3. The van der Waals surface area contributed by atoms with E-state index in [1.165, 1.54) is 0 Å². The maximum Gasteiger partial charge on any atom is 0.320 e. The van der Waals surface area contributed by atoms with E-state index in [0.717, 1.165) is 0 Å². The lowest BCUT2D eigenvalue weighted by Crippen LogP contribution is -2.45. The number of aliphatic carboxylic acids is 2. The fourth-order valence-electron chi connectivity index (χ4n) is 1.28. The van der Waals surface area contributed by atoms with Crippen molar-refractivity contribution in [2.75, 3.05) is 6.54 Å². The van der Waals surface area contributed by atoms with Crippen molar-refractivity contribution < 1.29 is 19.8 Å². The number of rotatable bonds is 2. The minimum atomic E-state index is -0.904. The Morgan fingerprint density at radius 2 is 1.83 bits per heavy atom. The summed E-state index contributed by atoms with van der Waals surface area (Å²) in [6.07, 6.45) is 0.839. The highest BCUT2D eigenvalue weighted by Gasteiger charge is 2.28. The Morgan fingerprint density at radius 3 is 2.17 bits per heavy atom. The molecule has 0 bridgehead atoms. The Morgan fingerprint density at radius 1 is 1.17 bits per heavy atom. The molecule has 2 atom stereocenters. The molecule has 0 unspecified atom stereocenters. The van der Waals surface area contributed by atoms with Crippen molar-refractivity contribution in [1.29, 1.82) is 0 Å². The van der Waals surface area contributed by atoms with E-state index in [1.807, 2.05) is 0 Å². The fraction of sp³-hybridized carbons (Fsp3) is 0.714. The second kappa shape index (κ2) is 3.53. The van der Waals surface area contributed by atoms with Crippen molar-refractivity contribution in [3.05, 3.63) is 0 Å². The van der Waals surface area contributed by atoms with Crippen LogP contribution in [0.25, 0.3) is 0 Å². The average Bonchev–Trinajstić information content (AvgIpc) is 2.04. The molecule has 0 spiro atoms. The highest BCUT2D eigenvalue weighted by molar-refractivity contribution is 5.75. The molecule has 0 aromatic carbocycles. The zero-order chi connectivity index (χ0) is 9.14. The molecule has 0 saturated carbocycles. The van der Waals surface area contributed by atoms with Crippen LogP contribution in [0.2, 0.25) is 0 Å². The van der Waals surface area contributed by atoms with Crippen LogP contribution in [0.5, 0.6) is 0 Å². The summed E-state index contributed by atoms with van der Waals surface area (Å²) in [5.74, 6) is -2.19. The van der Waals surface area contributed by atoms with Crippen LogP contribution in [0.3, 0.4) is 0 Å². The molecule has 12 heavy (non-hydrogen) atoms. The molecule has 1 fully saturated rings. The van der Waals surface area contributed by atoms with E-state index in [2.05, 4.69) is 5.32 Å². The van der Waals surface area contributed by atoms with Gasteiger partial charge in [0.2, 0.25) is 0 Å². The number of carbonyl (C=O) groups is 2. The third-order valence-corrected chi connectivity index (χ3v) is 2.06. The first kappa shape index (κ1) is 8.99. The smallest absolute Gasteiger partial charge is 0.320 e. The Hall–Kier alpha value is -1.10. The Balaban J connectivity index is 2.39. The van der Waals surface area contributed by atoms with Gasteiger partial charge in [-0.3, -0.25) is 9.59 Å². The minimum Gasteiger partial charge on any atom is -0.481 e. The second-order valence-electron chi connectivity index (χ2n) is 2.91. The predicted molar refractivity (Wildman–Crippen MR) is 39.8 cm³/mol. The molecule has 1 aliphatic rings. The largest absolute Gasteiger partial charge is 0.481 e. The molecule has 5 heteroatoms. The third kappa shape index (κ3) is 1.94. The van der Waals surface area contributed by atoms with Gasteiger partial charge in [0.05, 0.1) is 5.92 Å². The molecule has 1 saturated heterocycles. The lowest BCUT2D eigenvalue weighted by Gasteiger charge is -2.24. The van der Waals surface area contributed by atoms with Gasteiger partial charge in [-0.05, 0) is 12.8 Å². The van der Waals surface area contributed by atoms with Crippen LogP contribution in [-0.2, 0) is 9.59 Å². The number of hydrogen-bond acceptors (Lipinski definition) is 3. The number of nitrogens with one attached hydrogen (secondary N) is 1. The topological polar surface area (TPSA) is 86.6 Å². The Bertz CT molecular complexity index is 174. The van der Waals surface area contributed by atoms with Gasteiger partial charge in [0.25, 0.3) is 0 Å². The van der Waals surface area contributed by atoms with Gasteiger partial charge in [0.15, 0.2) is 0 Å². The molecule has 68 valence electrons. The van der Waals surface area contributed by atoms with Gasteiger partial charge >= 0.3 is 11.9 Å². The molecule has 1 aliphatic heterocycles. The van der Waals surface area contributed by atoms with Crippen LogP contribution in [-0.4, -0.2) is 34.7 Å². The van der Waals surface area contributed by atoms with Gasteiger partial charge in [-0.1, -0.05) is 0 Å². The van der Waals surface area contributed by atoms with Crippen molar-refractivity contribution in [1.82, 2.24) is 5.32 Å². The molecule has 0 aliphatic carbocycles. The van der Waals surface area contributed by atoms with E-state index in [9.17, 15) is 9.59 Å². The lowest BCUT2D eigenvalue weighted by atomic mass is 9.95. The zero-order valence-electron chi connectivity index (χ0n) is 6.49. The minimum absolute atomic E-state index is 0.256. The quantitative estimate of drug-likeness (QED) is 0.525. The summed E-state index contributed by atoms with van der Waals surface area (Å²) >= 11 is 0. The van der Waals surface area contributed by atoms with Crippen LogP contribution >= 0.6 is 0 Å². The Labute approximate surface area is 69.4 Å². The standard InChI is InChI=1S/C7H11NO4/c9-6(10)4-1-2-5(7(11)12)8-3-4/h4-5,8H,1-3H2,(H,9,10)(H,11,12)/t4-,5+/m1/s1. The normalized spacial score (nSPS) is 29.7. The molecule has 0 aromatic heterocycles. The van der Waals surface area contributed by atoms with Gasteiger partial charge < -0.3 is 15.5 Å². The van der Waals surface area contributed by atoms with Gasteiger partial charge in [-0.15, -0.1) is 0 Å². The lowest BCUT2D eigenvalue weighted by molar-refractivity contribution is -0.146.